The molecule has 0 unspecified atom stereocenters. The molecule has 4 N–H and O–H groups in total. The number of phenolic OH excluding ortho intramolecular Hbond substituents is 1. The number of phenols is 1. The molecule has 0 aromatic heterocycles. The van der Waals surface area contributed by atoms with E-state index in [1.54, 1.807) is 30.0 Å². The van der Waals surface area contributed by atoms with Gasteiger partial charge in [0.2, 0.25) is 0 Å². The number of carbonyl (C=O) groups excluding carboxylic acids is 1. The SMILES string of the molecule is C=C(O)CNc1c(O)cccc1C(=O)N(C/C=C(\C)O)C/C=C(\C)CC/C=C(\C)CCCC(C)C. The Morgan fingerprint density at radius 2 is 1.71 bits per heavy atom. The minimum absolute atomic E-state index is 0.0108. The van der Waals surface area contributed by atoms with Crippen molar-refractivity contribution in [2.75, 3.05) is 25.0 Å². The summed E-state index contributed by atoms with van der Waals surface area (Å²) in [6.45, 7) is 14.4. The molecule has 0 aliphatic heterocycles. The van der Waals surface area contributed by atoms with Gasteiger partial charge in [0, 0.05) is 13.1 Å². The molecule has 0 spiro atoms. The summed E-state index contributed by atoms with van der Waals surface area (Å²) in [5.74, 6) is 0.379. The standard InChI is InChI=1S/C29H44N2O4/c1-21(2)10-7-11-22(3)12-8-13-23(4)16-18-31(19-17-24(5)32)29(35)26-14-9-15-27(34)28(26)30-20-25(6)33/h9,12,14-17,21,30,32-34H,6-8,10-11,13,18-20H2,1-5H3/b22-12+,23-16+,24-17+. The summed E-state index contributed by atoms with van der Waals surface area (Å²) in [5, 5.41) is 32.2. The number of anilines is 1. The average Bonchev–Trinajstić information content (AvgIpc) is 2.77. The Bertz CT molecular complexity index is 925. The zero-order valence-electron chi connectivity index (χ0n) is 22.1. The fourth-order valence-corrected chi connectivity index (χ4v) is 3.55. The van der Waals surface area contributed by atoms with E-state index in [0.717, 1.165) is 25.2 Å². The number of rotatable bonds is 15. The van der Waals surface area contributed by atoms with Gasteiger partial charge >= 0.3 is 0 Å². The molecule has 0 bridgehead atoms. The maximum atomic E-state index is 13.4. The van der Waals surface area contributed by atoms with E-state index in [4.69, 9.17) is 0 Å². The Balaban J connectivity index is 2.91. The van der Waals surface area contributed by atoms with E-state index < -0.39 is 0 Å². The van der Waals surface area contributed by atoms with Gasteiger partial charge in [0.15, 0.2) is 0 Å². The zero-order chi connectivity index (χ0) is 26.4. The highest BCUT2D eigenvalue weighted by Crippen LogP contribution is 2.28. The molecular formula is C29H44N2O4. The van der Waals surface area contributed by atoms with Crippen LogP contribution < -0.4 is 5.32 Å². The van der Waals surface area contributed by atoms with Gasteiger partial charge in [0.05, 0.1) is 23.6 Å². The number of nitrogens with zero attached hydrogens (tertiary/aromatic N) is 1. The smallest absolute Gasteiger partial charge is 0.256 e. The second-order valence-electron chi connectivity index (χ2n) is 9.60. The van der Waals surface area contributed by atoms with E-state index >= 15 is 0 Å². The van der Waals surface area contributed by atoms with Gasteiger partial charge in [-0.1, -0.05) is 56.2 Å². The molecule has 1 aromatic rings. The Hall–Kier alpha value is -3.15. The molecule has 1 amide bonds. The Morgan fingerprint density at radius 1 is 1.06 bits per heavy atom. The van der Waals surface area contributed by atoms with Crippen molar-refractivity contribution >= 4 is 11.6 Å². The highest BCUT2D eigenvalue weighted by Gasteiger charge is 2.20. The van der Waals surface area contributed by atoms with E-state index in [-0.39, 0.29) is 47.5 Å². The first-order chi connectivity index (χ1) is 16.5. The van der Waals surface area contributed by atoms with Gasteiger partial charge in [-0.2, -0.15) is 0 Å². The minimum atomic E-state index is -0.297. The lowest BCUT2D eigenvalue weighted by Gasteiger charge is -2.22. The predicted octanol–water partition coefficient (Wildman–Crippen LogP) is 7.28. The fraction of sp³-hybridized carbons (Fsp3) is 0.483. The Morgan fingerprint density at radius 3 is 2.34 bits per heavy atom. The number of aromatic hydroxyl groups is 1. The lowest BCUT2D eigenvalue weighted by atomic mass is 10.0. The monoisotopic (exact) mass is 484 g/mol. The molecule has 194 valence electrons. The first kappa shape index (κ1) is 29.9. The van der Waals surface area contributed by atoms with E-state index in [0.29, 0.717) is 6.54 Å². The van der Waals surface area contributed by atoms with Crippen LogP contribution in [-0.4, -0.2) is 45.8 Å². The highest BCUT2D eigenvalue weighted by atomic mass is 16.3. The van der Waals surface area contributed by atoms with Crippen LogP contribution in [0.5, 0.6) is 5.75 Å². The van der Waals surface area contributed by atoms with Crippen molar-refractivity contribution in [1.29, 1.82) is 0 Å². The quantitative estimate of drug-likeness (QED) is 0.119. The number of aliphatic hydroxyl groups excluding tert-OH is 2. The van der Waals surface area contributed by atoms with Crippen LogP contribution in [-0.2, 0) is 0 Å². The second-order valence-corrected chi connectivity index (χ2v) is 9.60. The number of allylic oxidation sites excluding steroid dienone is 4. The largest absolute Gasteiger partial charge is 0.513 e. The van der Waals surface area contributed by atoms with Crippen LogP contribution in [0.25, 0.3) is 0 Å². The number of hydrogen-bond donors (Lipinski definition) is 4. The predicted molar refractivity (Wildman–Crippen MR) is 146 cm³/mol. The van der Waals surface area contributed by atoms with Gasteiger partial charge in [0.1, 0.15) is 11.5 Å². The first-order valence-corrected chi connectivity index (χ1v) is 12.4. The van der Waals surface area contributed by atoms with Crippen molar-refractivity contribution in [2.24, 2.45) is 5.92 Å². The molecule has 0 atom stereocenters. The second kappa shape index (κ2) is 15.7. The summed E-state index contributed by atoms with van der Waals surface area (Å²) >= 11 is 0. The van der Waals surface area contributed by atoms with E-state index in [2.05, 4.69) is 45.7 Å². The molecule has 35 heavy (non-hydrogen) atoms. The zero-order valence-corrected chi connectivity index (χ0v) is 22.1. The minimum Gasteiger partial charge on any atom is -0.513 e. The summed E-state index contributed by atoms with van der Waals surface area (Å²) in [7, 11) is 0. The molecule has 0 saturated heterocycles. The molecule has 0 saturated carbocycles. The van der Waals surface area contributed by atoms with Gasteiger partial charge in [-0.3, -0.25) is 4.79 Å². The van der Waals surface area contributed by atoms with Gasteiger partial charge in [0.25, 0.3) is 5.91 Å². The van der Waals surface area contributed by atoms with Gasteiger partial charge < -0.3 is 25.5 Å². The topological polar surface area (TPSA) is 93.0 Å². The number of benzene rings is 1. The van der Waals surface area contributed by atoms with Gasteiger partial charge in [-0.25, -0.2) is 0 Å². The molecule has 1 aromatic carbocycles. The van der Waals surface area contributed by atoms with Gasteiger partial charge in [-0.15, -0.1) is 0 Å². The third-order valence-electron chi connectivity index (χ3n) is 5.68. The van der Waals surface area contributed by atoms with Crippen LogP contribution in [0.15, 0.2) is 65.7 Å². The molecular weight excluding hydrogens is 440 g/mol. The van der Waals surface area contributed by atoms with Crippen molar-refractivity contribution in [3.8, 4) is 5.75 Å². The van der Waals surface area contributed by atoms with Crippen LogP contribution >= 0.6 is 0 Å². The molecule has 6 nitrogen and oxygen atoms in total. The maximum Gasteiger partial charge on any atom is 0.256 e. The maximum absolute atomic E-state index is 13.4. The lowest BCUT2D eigenvalue weighted by Crippen LogP contribution is -2.32. The van der Waals surface area contributed by atoms with Crippen LogP contribution in [0.3, 0.4) is 0 Å². The number of amides is 1. The lowest BCUT2D eigenvalue weighted by molar-refractivity contribution is 0.0790. The number of nitrogens with one attached hydrogen (secondary N) is 1. The molecule has 0 radical (unpaired) electrons. The van der Waals surface area contributed by atoms with E-state index in [1.807, 2.05) is 6.08 Å². The summed E-state index contributed by atoms with van der Waals surface area (Å²) < 4.78 is 0. The highest BCUT2D eigenvalue weighted by molar-refractivity contribution is 6.01. The van der Waals surface area contributed by atoms with Gasteiger partial charge in [-0.05, 0) is 70.6 Å². The summed E-state index contributed by atoms with van der Waals surface area (Å²) in [6.07, 6.45) is 11.4. The summed E-state index contributed by atoms with van der Waals surface area (Å²) in [6, 6.07) is 4.70. The normalized spacial score (nSPS) is 12.7. The van der Waals surface area contributed by atoms with Crippen LogP contribution in [0, 0.1) is 5.92 Å². The van der Waals surface area contributed by atoms with Crippen LogP contribution in [0.4, 0.5) is 5.69 Å². The Labute approximate surface area is 211 Å². The fourth-order valence-electron chi connectivity index (χ4n) is 3.55. The van der Waals surface area contributed by atoms with E-state index in [9.17, 15) is 20.1 Å². The summed E-state index contributed by atoms with van der Waals surface area (Å²) in [4.78, 5) is 15.0. The number of carbonyl (C=O) groups is 1. The third-order valence-corrected chi connectivity index (χ3v) is 5.68. The number of hydrogen-bond acceptors (Lipinski definition) is 5. The van der Waals surface area contributed by atoms with Crippen molar-refractivity contribution in [2.45, 2.75) is 66.7 Å². The van der Waals surface area contributed by atoms with Crippen molar-refractivity contribution in [3.63, 3.8) is 0 Å². The molecule has 1 rings (SSSR count). The van der Waals surface area contributed by atoms with Crippen molar-refractivity contribution in [3.05, 3.63) is 71.2 Å². The molecule has 0 heterocycles. The first-order valence-electron chi connectivity index (χ1n) is 12.4. The Kier molecular flexibility index (Phi) is 13.4. The molecule has 6 heteroatoms. The number of para-hydroxylation sites is 1. The molecule has 0 fully saturated rings. The molecule has 0 aliphatic rings. The number of aliphatic hydroxyl groups is 2. The van der Waals surface area contributed by atoms with Crippen molar-refractivity contribution < 1.29 is 20.1 Å². The van der Waals surface area contributed by atoms with Crippen LogP contribution in [0.2, 0.25) is 0 Å². The molecule has 0 aliphatic carbocycles. The summed E-state index contributed by atoms with van der Waals surface area (Å²) in [5.41, 5.74) is 3.13. The van der Waals surface area contributed by atoms with E-state index in [1.165, 1.54) is 30.1 Å². The van der Waals surface area contributed by atoms with Crippen LogP contribution in [0.1, 0.15) is 77.1 Å². The van der Waals surface area contributed by atoms with Crippen molar-refractivity contribution in [1.82, 2.24) is 4.90 Å². The third kappa shape index (κ3) is 12.2. The average molecular weight is 485 g/mol.